The Kier molecular flexibility index (Phi) is 7.39. The van der Waals surface area contributed by atoms with E-state index in [1.165, 1.54) is 28.4 Å². The van der Waals surface area contributed by atoms with Crippen molar-refractivity contribution in [3.05, 3.63) is 96.1 Å². The van der Waals surface area contributed by atoms with Crippen LogP contribution in [0.3, 0.4) is 0 Å². The molecule has 2 aliphatic rings. The fraction of sp³-hybridized carbons (Fsp3) is 0.406. The summed E-state index contributed by atoms with van der Waals surface area (Å²) in [4.78, 5) is 14.7. The minimum Gasteiger partial charge on any atom is -0.461 e. The van der Waals surface area contributed by atoms with E-state index in [1.54, 1.807) is 0 Å². The third kappa shape index (κ3) is 5.18. The van der Waals surface area contributed by atoms with Gasteiger partial charge in [0.15, 0.2) is 0 Å². The van der Waals surface area contributed by atoms with Gasteiger partial charge in [0.2, 0.25) is 0 Å². The van der Waals surface area contributed by atoms with Crippen LogP contribution in [0.4, 0.5) is 0 Å². The highest BCUT2D eigenvalue weighted by Crippen LogP contribution is 2.41. The zero-order valence-corrected chi connectivity index (χ0v) is 23.5. The number of hydrogen-bond acceptors (Lipinski definition) is 4. The number of carbonyl (C=O) groups excluding carboxylic acids is 1. The van der Waals surface area contributed by atoms with Gasteiger partial charge in [-0.25, -0.2) is 0 Å². The van der Waals surface area contributed by atoms with Crippen molar-refractivity contribution in [2.24, 2.45) is 0 Å². The summed E-state index contributed by atoms with van der Waals surface area (Å²) >= 11 is 0. The third-order valence-electron chi connectivity index (χ3n) is 8.14. The third-order valence-corrected chi connectivity index (χ3v) is 13.2. The number of hydrogen-bond donors (Lipinski definition) is 0. The van der Waals surface area contributed by atoms with Gasteiger partial charge in [-0.15, -0.1) is 0 Å². The molecule has 1 aliphatic carbocycles. The van der Waals surface area contributed by atoms with Gasteiger partial charge in [-0.1, -0.05) is 106 Å². The maximum Gasteiger partial charge on any atom is 0.302 e. The standard InChI is InChI=1S/C32H39NO3Si/c1-24(34)35-31-22-27(21-30(31)33-20-19-25-13-11-12-14-26(25)23-33)36-37(32(2,3)4,28-15-7-5-8-16-28)29-17-9-6-10-18-29/h5-18,27,30-31H,19-23H2,1-4H3. The maximum atomic E-state index is 12.1. The van der Waals surface area contributed by atoms with Crippen LogP contribution in [0.25, 0.3) is 0 Å². The Morgan fingerprint density at radius 1 is 0.838 bits per heavy atom. The van der Waals surface area contributed by atoms with Crippen molar-refractivity contribution in [3.8, 4) is 0 Å². The van der Waals surface area contributed by atoms with Gasteiger partial charge in [0.1, 0.15) is 6.10 Å². The second-order valence-corrected chi connectivity index (χ2v) is 15.8. The first kappa shape index (κ1) is 25.9. The molecule has 4 nitrogen and oxygen atoms in total. The normalized spacial score (nSPS) is 22.4. The Hall–Kier alpha value is -2.73. The van der Waals surface area contributed by atoms with E-state index in [0.29, 0.717) is 0 Å². The number of benzene rings is 3. The van der Waals surface area contributed by atoms with Gasteiger partial charge in [0.25, 0.3) is 8.32 Å². The van der Waals surface area contributed by atoms with Crippen LogP contribution in [0, 0.1) is 0 Å². The number of carbonyl (C=O) groups is 1. The van der Waals surface area contributed by atoms with Gasteiger partial charge >= 0.3 is 5.97 Å². The van der Waals surface area contributed by atoms with Crippen molar-refractivity contribution in [2.45, 2.75) is 76.8 Å². The minimum absolute atomic E-state index is 0.0119. The van der Waals surface area contributed by atoms with Crippen LogP contribution in [0.15, 0.2) is 84.9 Å². The minimum atomic E-state index is -2.68. The lowest BCUT2D eigenvalue weighted by Gasteiger charge is -2.44. The number of fused-ring (bicyclic) bond motifs is 1. The van der Waals surface area contributed by atoms with Crippen molar-refractivity contribution < 1.29 is 14.0 Å². The van der Waals surface area contributed by atoms with E-state index in [4.69, 9.17) is 9.16 Å². The first-order chi connectivity index (χ1) is 17.8. The van der Waals surface area contributed by atoms with Crippen molar-refractivity contribution in [3.63, 3.8) is 0 Å². The lowest BCUT2D eigenvalue weighted by atomic mass is 9.98. The molecule has 37 heavy (non-hydrogen) atoms. The molecule has 0 N–H and O–H groups in total. The summed E-state index contributed by atoms with van der Waals surface area (Å²) in [6.07, 6.45) is 2.47. The van der Waals surface area contributed by atoms with E-state index in [-0.39, 0.29) is 29.3 Å². The molecule has 0 bridgehead atoms. The topological polar surface area (TPSA) is 38.8 Å². The van der Waals surface area contributed by atoms with E-state index in [2.05, 4.69) is 111 Å². The molecule has 1 saturated carbocycles. The molecule has 5 rings (SSSR count). The van der Waals surface area contributed by atoms with E-state index < -0.39 is 8.32 Å². The number of nitrogens with zero attached hydrogens (tertiary/aromatic N) is 1. The molecule has 0 aromatic heterocycles. The van der Waals surface area contributed by atoms with E-state index in [0.717, 1.165) is 32.4 Å². The molecule has 3 atom stereocenters. The van der Waals surface area contributed by atoms with Crippen LogP contribution in [0.1, 0.15) is 51.7 Å². The summed E-state index contributed by atoms with van der Waals surface area (Å²) in [7, 11) is -2.68. The molecule has 0 spiro atoms. The highest BCUT2D eigenvalue weighted by molar-refractivity contribution is 6.99. The van der Waals surface area contributed by atoms with Crippen molar-refractivity contribution in [2.75, 3.05) is 6.54 Å². The van der Waals surface area contributed by atoms with Crippen LogP contribution in [-0.4, -0.2) is 44.0 Å². The molecule has 1 aliphatic heterocycles. The van der Waals surface area contributed by atoms with Crippen LogP contribution >= 0.6 is 0 Å². The molecule has 3 unspecified atom stereocenters. The lowest BCUT2D eigenvalue weighted by molar-refractivity contribution is -0.149. The summed E-state index contributed by atoms with van der Waals surface area (Å²) < 4.78 is 13.4. The van der Waals surface area contributed by atoms with E-state index in [9.17, 15) is 4.79 Å². The molecular weight excluding hydrogens is 474 g/mol. The molecule has 0 radical (unpaired) electrons. The summed E-state index contributed by atoms with van der Waals surface area (Å²) in [6, 6.07) is 30.5. The average molecular weight is 514 g/mol. The summed E-state index contributed by atoms with van der Waals surface area (Å²) in [5, 5.41) is 2.48. The SMILES string of the molecule is CC(=O)OC1CC(O[Si](c2ccccc2)(c2ccccc2)C(C)(C)C)CC1N1CCc2ccccc2C1. The summed E-state index contributed by atoms with van der Waals surface area (Å²) in [5.41, 5.74) is 2.81. The van der Waals surface area contributed by atoms with Crippen molar-refractivity contribution >= 4 is 24.7 Å². The Balaban J connectivity index is 1.49. The Bertz CT molecular complexity index is 1170. The highest BCUT2D eigenvalue weighted by atomic mass is 28.4. The lowest BCUT2D eigenvalue weighted by Crippen LogP contribution is -2.67. The zero-order chi connectivity index (χ0) is 26.0. The molecule has 5 heteroatoms. The fourth-order valence-corrected chi connectivity index (χ4v) is 11.2. The van der Waals surface area contributed by atoms with Crippen LogP contribution in [-0.2, 0) is 26.9 Å². The van der Waals surface area contributed by atoms with Crippen LogP contribution < -0.4 is 10.4 Å². The van der Waals surface area contributed by atoms with E-state index >= 15 is 0 Å². The number of rotatable bonds is 6. The fourth-order valence-electron chi connectivity index (χ4n) is 6.50. The second kappa shape index (κ2) is 10.6. The molecule has 1 fully saturated rings. The van der Waals surface area contributed by atoms with Crippen molar-refractivity contribution in [1.29, 1.82) is 0 Å². The van der Waals surface area contributed by atoms with Gasteiger partial charge in [-0.05, 0) is 39.4 Å². The molecule has 3 aromatic rings. The first-order valence-electron chi connectivity index (χ1n) is 13.5. The van der Waals surface area contributed by atoms with Gasteiger partial charge in [0.05, 0.1) is 6.10 Å². The van der Waals surface area contributed by atoms with Crippen LogP contribution in [0.2, 0.25) is 5.04 Å². The predicted molar refractivity (Wildman–Crippen MR) is 152 cm³/mol. The number of esters is 1. The molecule has 0 saturated heterocycles. The van der Waals surface area contributed by atoms with Gasteiger partial charge in [0, 0.05) is 32.5 Å². The van der Waals surface area contributed by atoms with Gasteiger partial charge < -0.3 is 9.16 Å². The summed E-state index contributed by atoms with van der Waals surface area (Å²) in [5.74, 6) is -0.210. The second-order valence-electron chi connectivity index (χ2n) is 11.6. The molecule has 194 valence electrons. The maximum absolute atomic E-state index is 12.1. The van der Waals surface area contributed by atoms with Gasteiger partial charge in [-0.3, -0.25) is 9.69 Å². The Morgan fingerprint density at radius 3 is 1.97 bits per heavy atom. The van der Waals surface area contributed by atoms with E-state index in [1.807, 2.05) is 0 Å². The smallest absolute Gasteiger partial charge is 0.302 e. The van der Waals surface area contributed by atoms with Crippen molar-refractivity contribution in [1.82, 2.24) is 4.90 Å². The quantitative estimate of drug-likeness (QED) is 0.340. The Labute approximate surface area is 222 Å². The molecule has 1 heterocycles. The Morgan fingerprint density at radius 2 is 1.41 bits per heavy atom. The monoisotopic (exact) mass is 513 g/mol. The average Bonchev–Trinajstić information content (AvgIpc) is 3.28. The van der Waals surface area contributed by atoms with Gasteiger partial charge in [-0.2, -0.15) is 0 Å². The highest BCUT2D eigenvalue weighted by Gasteiger charge is 2.53. The first-order valence-corrected chi connectivity index (χ1v) is 15.5. The summed E-state index contributed by atoms with van der Waals surface area (Å²) in [6.45, 7) is 10.3. The van der Waals surface area contributed by atoms with Crippen LogP contribution in [0.5, 0.6) is 0 Å². The molecule has 0 amide bonds. The number of ether oxygens (including phenoxy) is 1. The molecular formula is C32H39NO3Si. The largest absolute Gasteiger partial charge is 0.461 e. The predicted octanol–water partition coefficient (Wildman–Crippen LogP) is 5.08. The zero-order valence-electron chi connectivity index (χ0n) is 22.5. The molecule has 3 aromatic carbocycles.